The summed E-state index contributed by atoms with van der Waals surface area (Å²) in [7, 11) is 0. The molecule has 7 nitrogen and oxygen atoms in total. The van der Waals surface area contributed by atoms with Crippen LogP contribution in [-0.2, 0) is 27.2 Å². The number of esters is 1. The summed E-state index contributed by atoms with van der Waals surface area (Å²) in [6.07, 6.45) is 3.69. The van der Waals surface area contributed by atoms with Gasteiger partial charge in [-0.3, -0.25) is 9.59 Å². The van der Waals surface area contributed by atoms with Crippen molar-refractivity contribution in [2.24, 2.45) is 5.73 Å². The van der Waals surface area contributed by atoms with Crippen molar-refractivity contribution in [2.45, 2.75) is 25.7 Å². The average molecular weight is 439 g/mol. The molecular formula is C23H22N2O5S. The van der Waals surface area contributed by atoms with E-state index in [0.29, 0.717) is 16.3 Å². The SMILES string of the molecule is NC(=O)c1c(NC(=O)COC(=O)COc2cccc3ccccc23)sc2c1CCCC2. The molecule has 0 fully saturated rings. The summed E-state index contributed by atoms with van der Waals surface area (Å²) in [5.41, 5.74) is 6.83. The fraction of sp³-hybridized carbons (Fsp3) is 0.261. The fourth-order valence-corrected chi connectivity index (χ4v) is 5.03. The second kappa shape index (κ2) is 9.18. The van der Waals surface area contributed by atoms with E-state index in [2.05, 4.69) is 5.32 Å². The van der Waals surface area contributed by atoms with Crippen LogP contribution in [0.1, 0.15) is 33.6 Å². The molecule has 3 N–H and O–H groups in total. The number of aryl methyl sites for hydroxylation is 1. The Hall–Kier alpha value is -3.39. The number of rotatable bonds is 7. The molecule has 1 aliphatic carbocycles. The Morgan fingerprint density at radius 2 is 1.77 bits per heavy atom. The van der Waals surface area contributed by atoms with Crippen LogP contribution in [0.5, 0.6) is 5.75 Å². The van der Waals surface area contributed by atoms with Crippen LogP contribution in [0.3, 0.4) is 0 Å². The van der Waals surface area contributed by atoms with Gasteiger partial charge in [-0.25, -0.2) is 4.79 Å². The Kier molecular flexibility index (Phi) is 6.18. The van der Waals surface area contributed by atoms with E-state index in [1.807, 2.05) is 36.4 Å². The van der Waals surface area contributed by atoms with Gasteiger partial charge in [0.1, 0.15) is 10.8 Å². The van der Waals surface area contributed by atoms with E-state index in [-0.39, 0.29) is 6.61 Å². The van der Waals surface area contributed by atoms with Crippen molar-refractivity contribution in [3.8, 4) is 5.75 Å². The molecule has 0 unspecified atom stereocenters. The normalized spacial score (nSPS) is 12.8. The van der Waals surface area contributed by atoms with E-state index in [9.17, 15) is 14.4 Å². The van der Waals surface area contributed by atoms with Crippen LogP contribution < -0.4 is 15.8 Å². The molecule has 0 aliphatic heterocycles. The molecule has 1 aromatic heterocycles. The van der Waals surface area contributed by atoms with Gasteiger partial charge in [0.2, 0.25) is 0 Å². The zero-order valence-electron chi connectivity index (χ0n) is 16.8. The maximum atomic E-state index is 12.3. The third-order valence-electron chi connectivity index (χ3n) is 5.13. The van der Waals surface area contributed by atoms with Gasteiger partial charge >= 0.3 is 5.97 Å². The lowest BCUT2D eigenvalue weighted by atomic mass is 9.95. The molecule has 31 heavy (non-hydrogen) atoms. The molecular weight excluding hydrogens is 416 g/mol. The zero-order valence-corrected chi connectivity index (χ0v) is 17.6. The molecule has 0 saturated carbocycles. The van der Waals surface area contributed by atoms with Crippen LogP contribution in [0.25, 0.3) is 10.8 Å². The number of nitrogens with one attached hydrogen (secondary N) is 1. The maximum absolute atomic E-state index is 12.3. The van der Waals surface area contributed by atoms with Crippen molar-refractivity contribution in [3.63, 3.8) is 0 Å². The predicted octanol–water partition coefficient (Wildman–Crippen LogP) is 3.44. The molecule has 0 spiro atoms. The lowest BCUT2D eigenvalue weighted by Gasteiger charge is -2.11. The number of benzene rings is 2. The summed E-state index contributed by atoms with van der Waals surface area (Å²) in [5, 5.41) is 4.97. The van der Waals surface area contributed by atoms with Gasteiger partial charge < -0.3 is 20.5 Å². The van der Waals surface area contributed by atoms with Crippen LogP contribution in [0, 0.1) is 0 Å². The lowest BCUT2D eigenvalue weighted by molar-refractivity contribution is -0.149. The van der Waals surface area contributed by atoms with Crippen LogP contribution >= 0.6 is 11.3 Å². The van der Waals surface area contributed by atoms with E-state index < -0.39 is 24.4 Å². The standard InChI is InChI=1S/C23H22N2O5S/c24-22(28)21-16-9-3-4-11-18(16)31-23(21)25-19(26)12-30-20(27)13-29-17-10-5-7-14-6-1-2-8-15(14)17/h1-2,5-8,10H,3-4,9,11-13H2,(H2,24,28)(H,25,26). The summed E-state index contributed by atoms with van der Waals surface area (Å²) in [5.74, 6) is -1.19. The van der Waals surface area contributed by atoms with E-state index in [1.54, 1.807) is 6.07 Å². The summed E-state index contributed by atoms with van der Waals surface area (Å²) < 4.78 is 10.6. The van der Waals surface area contributed by atoms with Gasteiger partial charge in [0.25, 0.3) is 11.8 Å². The van der Waals surface area contributed by atoms with Crippen molar-refractivity contribution < 1.29 is 23.9 Å². The minimum absolute atomic E-state index is 0.318. The minimum atomic E-state index is -0.663. The molecule has 160 valence electrons. The molecule has 2 amide bonds. The van der Waals surface area contributed by atoms with E-state index in [0.717, 1.165) is 46.9 Å². The number of carbonyl (C=O) groups is 3. The van der Waals surface area contributed by atoms with Crippen molar-refractivity contribution in [1.29, 1.82) is 0 Å². The highest BCUT2D eigenvalue weighted by atomic mass is 32.1. The molecule has 2 aromatic carbocycles. The average Bonchev–Trinajstić information content (AvgIpc) is 3.14. The molecule has 4 rings (SSSR count). The van der Waals surface area contributed by atoms with E-state index in [4.69, 9.17) is 15.2 Å². The number of nitrogens with two attached hydrogens (primary N) is 1. The first-order valence-electron chi connectivity index (χ1n) is 10.0. The summed E-state index contributed by atoms with van der Waals surface area (Å²) in [6.45, 7) is -0.792. The second-order valence-corrected chi connectivity index (χ2v) is 8.36. The van der Waals surface area contributed by atoms with Gasteiger partial charge in [-0.2, -0.15) is 0 Å². The maximum Gasteiger partial charge on any atom is 0.344 e. The number of hydrogen-bond acceptors (Lipinski definition) is 6. The fourth-order valence-electron chi connectivity index (χ4n) is 3.72. The topological polar surface area (TPSA) is 108 Å². The van der Waals surface area contributed by atoms with Gasteiger partial charge in [0.15, 0.2) is 13.2 Å². The molecule has 1 heterocycles. The van der Waals surface area contributed by atoms with Gasteiger partial charge in [-0.1, -0.05) is 36.4 Å². The number of anilines is 1. The largest absolute Gasteiger partial charge is 0.481 e. The quantitative estimate of drug-likeness (QED) is 0.550. The highest BCUT2D eigenvalue weighted by Gasteiger charge is 2.25. The van der Waals surface area contributed by atoms with Crippen LogP contribution in [0.4, 0.5) is 5.00 Å². The van der Waals surface area contributed by atoms with Crippen LogP contribution in [0.2, 0.25) is 0 Å². The monoisotopic (exact) mass is 438 g/mol. The molecule has 0 saturated heterocycles. The molecule has 1 aliphatic rings. The number of carbonyl (C=O) groups excluding carboxylic acids is 3. The molecule has 8 heteroatoms. The van der Waals surface area contributed by atoms with Gasteiger partial charge in [-0.15, -0.1) is 11.3 Å². The minimum Gasteiger partial charge on any atom is -0.481 e. The predicted molar refractivity (Wildman–Crippen MR) is 119 cm³/mol. The third-order valence-corrected chi connectivity index (χ3v) is 6.34. The highest BCUT2D eigenvalue weighted by molar-refractivity contribution is 7.17. The number of amides is 2. The molecule has 0 bridgehead atoms. The molecule has 0 radical (unpaired) electrons. The first-order chi connectivity index (χ1) is 15.0. The number of ether oxygens (including phenoxy) is 2. The van der Waals surface area contributed by atoms with Crippen molar-refractivity contribution in [1.82, 2.24) is 0 Å². The first kappa shape index (κ1) is 20.9. The Bertz CT molecular complexity index is 1150. The number of primary amides is 1. The molecule has 3 aromatic rings. The van der Waals surface area contributed by atoms with Crippen LogP contribution in [0.15, 0.2) is 42.5 Å². The number of hydrogen-bond donors (Lipinski definition) is 2. The first-order valence-corrected chi connectivity index (χ1v) is 10.8. The summed E-state index contributed by atoms with van der Waals surface area (Å²) >= 11 is 1.36. The second-order valence-electron chi connectivity index (χ2n) is 7.25. The number of fused-ring (bicyclic) bond motifs is 2. The Morgan fingerprint density at radius 3 is 2.61 bits per heavy atom. The zero-order chi connectivity index (χ0) is 21.8. The molecule has 0 atom stereocenters. The van der Waals surface area contributed by atoms with Gasteiger partial charge in [0.05, 0.1) is 5.56 Å². The highest BCUT2D eigenvalue weighted by Crippen LogP contribution is 2.37. The van der Waals surface area contributed by atoms with Gasteiger partial charge in [-0.05, 0) is 42.7 Å². The summed E-state index contributed by atoms with van der Waals surface area (Å²) in [6, 6.07) is 13.2. The van der Waals surface area contributed by atoms with Gasteiger partial charge in [0, 0.05) is 10.3 Å². The van der Waals surface area contributed by atoms with E-state index >= 15 is 0 Å². The van der Waals surface area contributed by atoms with Crippen molar-refractivity contribution in [2.75, 3.05) is 18.5 Å². The Balaban J connectivity index is 1.32. The van der Waals surface area contributed by atoms with Crippen molar-refractivity contribution >= 4 is 44.9 Å². The summed E-state index contributed by atoms with van der Waals surface area (Å²) in [4.78, 5) is 37.3. The lowest BCUT2D eigenvalue weighted by Crippen LogP contribution is -2.24. The third kappa shape index (κ3) is 4.69. The smallest absolute Gasteiger partial charge is 0.344 e. The Labute approximate surface area is 183 Å². The van der Waals surface area contributed by atoms with Crippen molar-refractivity contribution in [3.05, 3.63) is 58.5 Å². The number of thiophene rings is 1. The Morgan fingerprint density at radius 1 is 1.00 bits per heavy atom. The van der Waals surface area contributed by atoms with Crippen LogP contribution in [-0.4, -0.2) is 31.0 Å². The van der Waals surface area contributed by atoms with E-state index in [1.165, 1.54) is 11.3 Å².